The van der Waals surface area contributed by atoms with E-state index in [1.165, 1.54) is 0 Å². The van der Waals surface area contributed by atoms with Gasteiger partial charge >= 0.3 is 5.95 Å². The lowest BCUT2D eigenvalue weighted by atomic mass is 11.1. The number of nitrogens with zero attached hydrogens (tertiary/aromatic N) is 7. The van der Waals surface area contributed by atoms with Crippen LogP contribution in [-0.2, 0) is 0 Å². The Hall–Kier alpha value is -1.82. The highest BCUT2D eigenvalue weighted by Crippen LogP contribution is 1.88. The molecule has 0 aliphatic rings. The standard InChI is InChI=1S/CH2N8/c2-1-4-6-8-9(1)7-5-3/h(H2,2,4,8). The van der Waals surface area contributed by atoms with Crippen molar-refractivity contribution >= 4 is 5.95 Å². The fourth-order valence-electron chi connectivity index (χ4n) is 0.291. The van der Waals surface area contributed by atoms with Crippen molar-refractivity contribution in [1.29, 1.82) is 0 Å². The van der Waals surface area contributed by atoms with Crippen LogP contribution in [0.5, 0.6) is 0 Å². The summed E-state index contributed by atoms with van der Waals surface area (Å²) in [6.07, 6.45) is 0. The van der Waals surface area contributed by atoms with Crippen LogP contribution in [0.3, 0.4) is 0 Å². The van der Waals surface area contributed by atoms with Gasteiger partial charge in [0, 0.05) is 10.4 Å². The average Bonchev–Trinajstić information content (AvgIpc) is 2.18. The van der Waals surface area contributed by atoms with Gasteiger partial charge in [-0.1, -0.05) is 5.10 Å². The van der Waals surface area contributed by atoms with Crippen molar-refractivity contribution in [1.82, 2.24) is 20.3 Å². The zero-order valence-electron chi connectivity index (χ0n) is 4.21. The Morgan fingerprint density at radius 1 is 1.78 bits per heavy atom. The topological polar surface area (TPSA) is 118 Å². The number of aromatic nitrogens is 4. The SMILES string of the molecule is [N-]=[N+]=Nn1nnnc1N. The predicted octanol–water partition coefficient (Wildman–Crippen LogP) is -0.671. The fourth-order valence-corrected chi connectivity index (χ4v) is 0.291. The minimum absolute atomic E-state index is 0.0344. The number of rotatable bonds is 1. The van der Waals surface area contributed by atoms with E-state index in [9.17, 15) is 0 Å². The lowest BCUT2D eigenvalue weighted by molar-refractivity contribution is 0.688. The molecule has 46 valence electrons. The van der Waals surface area contributed by atoms with Crippen LogP contribution in [0.1, 0.15) is 0 Å². The number of nitrogen functional groups attached to an aromatic ring is 1. The van der Waals surface area contributed by atoms with Crippen LogP contribution in [0, 0.1) is 0 Å². The third kappa shape index (κ3) is 0.864. The maximum absolute atomic E-state index is 7.85. The number of hydrogen-bond donors (Lipinski definition) is 1. The molecule has 0 unspecified atom stereocenters. The molecule has 0 fully saturated rings. The summed E-state index contributed by atoms with van der Waals surface area (Å²) >= 11 is 0. The molecular weight excluding hydrogens is 124 g/mol. The third-order valence-corrected chi connectivity index (χ3v) is 0.602. The fraction of sp³-hybridized carbons (Fsp3) is 0. The second-order valence-electron chi connectivity index (χ2n) is 1.11. The monoisotopic (exact) mass is 126 g/mol. The molecule has 1 rings (SSSR count). The zero-order chi connectivity index (χ0) is 6.69. The molecule has 0 aliphatic carbocycles. The van der Waals surface area contributed by atoms with Crippen LogP contribution < -0.4 is 5.73 Å². The average molecular weight is 126 g/mol. The molecule has 0 saturated heterocycles. The Morgan fingerprint density at radius 2 is 2.56 bits per heavy atom. The molecule has 1 heterocycles. The normalized spacial score (nSPS) is 8.44. The van der Waals surface area contributed by atoms with Crippen LogP contribution in [-0.4, -0.2) is 20.3 Å². The first-order valence-corrected chi connectivity index (χ1v) is 1.94. The molecule has 0 radical (unpaired) electrons. The van der Waals surface area contributed by atoms with Crippen molar-refractivity contribution in [3.05, 3.63) is 10.4 Å². The van der Waals surface area contributed by atoms with Gasteiger partial charge in [-0.15, -0.1) is 5.53 Å². The van der Waals surface area contributed by atoms with Gasteiger partial charge in [-0.05, 0) is 4.79 Å². The lowest BCUT2D eigenvalue weighted by Gasteiger charge is -1.77. The smallest absolute Gasteiger partial charge is 0.344 e. The van der Waals surface area contributed by atoms with Gasteiger partial charge in [-0.3, -0.25) is 0 Å². The summed E-state index contributed by atoms with van der Waals surface area (Å²) in [6, 6.07) is 0. The maximum Gasteiger partial charge on any atom is 0.344 e. The number of anilines is 1. The van der Waals surface area contributed by atoms with Crippen molar-refractivity contribution in [3.63, 3.8) is 0 Å². The van der Waals surface area contributed by atoms with E-state index >= 15 is 0 Å². The molecule has 8 nitrogen and oxygen atoms in total. The Labute approximate surface area is 48.9 Å². The van der Waals surface area contributed by atoms with Crippen molar-refractivity contribution < 1.29 is 0 Å². The minimum Gasteiger partial charge on any atom is -0.346 e. The van der Waals surface area contributed by atoms with Gasteiger partial charge in [0.05, 0.1) is 5.21 Å². The highest BCUT2D eigenvalue weighted by atomic mass is 15.7. The van der Waals surface area contributed by atoms with Gasteiger partial charge in [-0.2, -0.15) is 4.91 Å². The van der Waals surface area contributed by atoms with E-state index < -0.39 is 0 Å². The summed E-state index contributed by atoms with van der Waals surface area (Å²) in [5, 5.41) is 12.6. The van der Waals surface area contributed by atoms with Crippen molar-refractivity contribution in [2.75, 3.05) is 5.73 Å². The van der Waals surface area contributed by atoms with E-state index in [2.05, 4.69) is 25.7 Å². The van der Waals surface area contributed by atoms with E-state index in [0.717, 1.165) is 4.79 Å². The summed E-state index contributed by atoms with van der Waals surface area (Å²) in [5.41, 5.74) is 12.9. The van der Waals surface area contributed by atoms with Crippen molar-refractivity contribution in [2.24, 2.45) is 5.22 Å². The highest BCUT2D eigenvalue weighted by molar-refractivity contribution is 5.09. The van der Waals surface area contributed by atoms with Gasteiger partial charge in [0.25, 0.3) is 0 Å². The van der Waals surface area contributed by atoms with Gasteiger partial charge in [0.2, 0.25) is 0 Å². The summed E-state index contributed by atoms with van der Waals surface area (Å²) in [5.74, 6) is -0.0344. The first kappa shape index (κ1) is 5.32. The van der Waals surface area contributed by atoms with Crippen LogP contribution in [0.15, 0.2) is 5.22 Å². The number of azide groups is 1. The molecule has 0 atom stereocenters. The van der Waals surface area contributed by atoms with Crippen LogP contribution in [0.25, 0.3) is 10.4 Å². The molecule has 8 heteroatoms. The second kappa shape index (κ2) is 1.97. The minimum atomic E-state index is -0.0344. The molecule has 0 aliphatic heterocycles. The highest BCUT2D eigenvalue weighted by Gasteiger charge is 1.99. The van der Waals surface area contributed by atoms with E-state index in [0.29, 0.717) is 0 Å². The quantitative estimate of drug-likeness (QED) is 0.304. The molecule has 1 aromatic heterocycles. The van der Waals surface area contributed by atoms with Crippen molar-refractivity contribution in [3.8, 4) is 0 Å². The molecule has 9 heavy (non-hydrogen) atoms. The van der Waals surface area contributed by atoms with E-state index in [1.807, 2.05) is 0 Å². The second-order valence-corrected chi connectivity index (χ2v) is 1.11. The van der Waals surface area contributed by atoms with E-state index in [1.54, 1.807) is 0 Å². The van der Waals surface area contributed by atoms with Crippen LogP contribution in [0.4, 0.5) is 5.95 Å². The van der Waals surface area contributed by atoms with Crippen molar-refractivity contribution in [2.45, 2.75) is 0 Å². The zero-order valence-corrected chi connectivity index (χ0v) is 4.21. The first-order valence-electron chi connectivity index (χ1n) is 1.94. The molecule has 0 aromatic carbocycles. The lowest BCUT2D eigenvalue weighted by Crippen LogP contribution is -1.96. The number of nitrogens with two attached hydrogens (primary N) is 1. The third-order valence-electron chi connectivity index (χ3n) is 0.602. The molecular formula is CH2N8. The summed E-state index contributed by atoms with van der Waals surface area (Å²) in [6.45, 7) is 0. The molecule has 0 spiro atoms. The Morgan fingerprint density at radius 3 is 3.00 bits per heavy atom. The summed E-state index contributed by atoms with van der Waals surface area (Å²) in [4.78, 5) is 3.18. The molecule has 0 amide bonds. The Kier molecular flexibility index (Phi) is 1.16. The Balaban J connectivity index is 3.07. The van der Waals surface area contributed by atoms with E-state index in [-0.39, 0.29) is 5.95 Å². The van der Waals surface area contributed by atoms with Gasteiger partial charge in [0.1, 0.15) is 0 Å². The van der Waals surface area contributed by atoms with Gasteiger partial charge in [0.15, 0.2) is 0 Å². The molecule has 0 saturated carbocycles. The molecule has 1 aromatic rings. The van der Waals surface area contributed by atoms with Gasteiger partial charge in [-0.25, -0.2) is 0 Å². The number of tetrazole rings is 1. The summed E-state index contributed by atoms with van der Waals surface area (Å²) in [7, 11) is 0. The maximum atomic E-state index is 7.85. The van der Waals surface area contributed by atoms with E-state index in [4.69, 9.17) is 11.3 Å². The Bertz CT molecular complexity index is 239. The molecule has 2 N–H and O–H groups in total. The predicted molar refractivity (Wildman–Crippen MR) is 26.8 cm³/mol. The largest absolute Gasteiger partial charge is 0.346 e. The summed E-state index contributed by atoms with van der Waals surface area (Å²) < 4.78 is 0. The van der Waals surface area contributed by atoms with Crippen LogP contribution >= 0.6 is 0 Å². The number of hydrogen-bond acceptors (Lipinski definition) is 5. The molecule has 0 bridgehead atoms. The van der Waals surface area contributed by atoms with Crippen LogP contribution in [0.2, 0.25) is 0 Å². The van der Waals surface area contributed by atoms with Gasteiger partial charge < -0.3 is 5.73 Å². The first-order chi connectivity index (χ1) is 4.34.